The summed E-state index contributed by atoms with van der Waals surface area (Å²) in [5.74, 6) is 1.84. The average molecular weight is 379 g/mol. The molecule has 1 aromatic carbocycles. The van der Waals surface area contributed by atoms with Crippen LogP contribution >= 0.6 is 15.9 Å². The van der Waals surface area contributed by atoms with E-state index in [1.54, 1.807) is 7.05 Å². The fourth-order valence-corrected chi connectivity index (χ4v) is 2.22. The Labute approximate surface area is 141 Å². The molecular weight excluding hydrogens is 364 g/mol. The second-order valence-corrected chi connectivity index (χ2v) is 6.21. The molecule has 2 heterocycles. The topological polar surface area (TPSA) is 91.8 Å². The summed E-state index contributed by atoms with van der Waals surface area (Å²) in [7, 11) is 1.67. The van der Waals surface area contributed by atoms with Gasteiger partial charge in [-0.15, -0.1) is 10.2 Å². The standard InChI is InChI=1S/C14H15BrN6O2/c1-8(2)11(22-10-6-4-9(15)5-7-10)12-16-14(23-19-12)13-17-20-21(3)18-13/h4-8,11H,1-3H3. The van der Waals surface area contributed by atoms with Gasteiger partial charge in [-0.2, -0.15) is 9.78 Å². The van der Waals surface area contributed by atoms with E-state index >= 15 is 0 Å². The largest absolute Gasteiger partial charge is 0.482 e. The lowest BCUT2D eigenvalue weighted by atomic mass is 10.1. The number of aryl methyl sites for hydroxylation is 1. The van der Waals surface area contributed by atoms with E-state index in [-0.39, 0.29) is 23.7 Å². The number of rotatable bonds is 5. The van der Waals surface area contributed by atoms with E-state index in [1.807, 2.05) is 38.1 Å². The van der Waals surface area contributed by atoms with E-state index in [4.69, 9.17) is 9.26 Å². The Bertz CT molecular complexity index is 783. The molecule has 0 N–H and O–H groups in total. The van der Waals surface area contributed by atoms with Crippen molar-refractivity contribution in [2.24, 2.45) is 13.0 Å². The molecule has 0 saturated heterocycles. The molecule has 0 aliphatic carbocycles. The van der Waals surface area contributed by atoms with Crippen molar-refractivity contribution in [1.82, 2.24) is 30.3 Å². The highest BCUT2D eigenvalue weighted by atomic mass is 79.9. The molecule has 3 aromatic rings. The van der Waals surface area contributed by atoms with Gasteiger partial charge in [0.2, 0.25) is 5.82 Å². The number of nitrogens with zero attached hydrogens (tertiary/aromatic N) is 6. The minimum atomic E-state index is -0.342. The van der Waals surface area contributed by atoms with Crippen LogP contribution in [0.4, 0.5) is 0 Å². The molecule has 0 fully saturated rings. The summed E-state index contributed by atoms with van der Waals surface area (Å²) in [5.41, 5.74) is 0. The number of tetrazole rings is 1. The lowest BCUT2D eigenvalue weighted by molar-refractivity contribution is 0.141. The maximum absolute atomic E-state index is 6.00. The molecule has 2 aromatic heterocycles. The van der Waals surface area contributed by atoms with Crippen LogP contribution in [0, 0.1) is 5.92 Å². The van der Waals surface area contributed by atoms with Gasteiger partial charge in [0.15, 0.2) is 6.10 Å². The van der Waals surface area contributed by atoms with Crippen molar-refractivity contribution >= 4 is 15.9 Å². The first kappa shape index (κ1) is 15.6. The van der Waals surface area contributed by atoms with Crippen LogP contribution in [0.15, 0.2) is 33.3 Å². The molecule has 0 saturated carbocycles. The molecule has 23 heavy (non-hydrogen) atoms. The van der Waals surface area contributed by atoms with Gasteiger partial charge in [-0.25, -0.2) is 0 Å². The predicted octanol–water partition coefficient (Wildman–Crippen LogP) is 2.80. The molecule has 120 valence electrons. The summed E-state index contributed by atoms with van der Waals surface area (Å²) in [5, 5.41) is 15.7. The number of aromatic nitrogens is 6. The Morgan fingerprint density at radius 1 is 1.22 bits per heavy atom. The first-order valence-electron chi connectivity index (χ1n) is 7.03. The molecule has 0 spiro atoms. The van der Waals surface area contributed by atoms with Crippen LogP contribution in [-0.4, -0.2) is 30.3 Å². The zero-order valence-electron chi connectivity index (χ0n) is 12.8. The zero-order chi connectivity index (χ0) is 16.4. The van der Waals surface area contributed by atoms with Crippen LogP contribution in [0.5, 0.6) is 5.75 Å². The summed E-state index contributed by atoms with van der Waals surface area (Å²) < 4.78 is 12.2. The van der Waals surface area contributed by atoms with Crippen molar-refractivity contribution in [3.8, 4) is 17.5 Å². The third-order valence-corrected chi connectivity index (χ3v) is 3.61. The summed E-state index contributed by atoms with van der Waals surface area (Å²) in [6.07, 6.45) is -0.342. The van der Waals surface area contributed by atoms with E-state index < -0.39 is 0 Å². The summed E-state index contributed by atoms with van der Waals surface area (Å²) in [4.78, 5) is 5.67. The van der Waals surface area contributed by atoms with Crippen LogP contribution in [-0.2, 0) is 7.05 Å². The monoisotopic (exact) mass is 378 g/mol. The van der Waals surface area contributed by atoms with Gasteiger partial charge in [-0.1, -0.05) is 34.9 Å². The summed E-state index contributed by atoms with van der Waals surface area (Å²) in [6, 6.07) is 7.59. The van der Waals surface area contributed by atoms with Gasteiger partial charge >= 0.3 is 0 Å². The van der Waals surface area contributed by atoms with Gasteiger partial charge in [-0.3, -0.25) is 0 Å². The van der Waals surface area contributed by atoms with Crippen molar-refractivity contribution < 1.29 is 9.26 Å². The molecule has 0 radical (unpaired) electrons. The smallest absolute Gasteiger partial charge is 0.299 e. The van der Waals surface area contributed by atoms with Crippen LogP contribution in [0.3, 0.4) is 0 Å². The summed E-state index contributed by atoms with van der Waals surface area (Å²) in [6.45, 7) is 4.06. The fourth-order valence-electron chi connectivity index (χ4n) is 1.96. The first-order valence-corrected chi connectivity index (χ1v) is 7.82. The normalized spacial score (nSPS) is 12.6. The van der Waals surface area contributed by atoms with Gasteiger partial charge in [0.05, 0.1) is 7.05 Å². The highest BCUT2D eigenvalue weighted by Gasteiger charge is 2.25. The Morgan fingerprint density at radius 3 is 2.57 bits per heavy atom. The minimum absolute atomic E-state index is 0.152. The van der Waals surface area contributed by atoms with Crippen LogP contribution in [0.1, 0.15) is 25.8 Å². The molecule has 0 amide bonds. The lowest BCUT2D eigenvalue weighted by Gasteiger charge is -2.19. The maximum Gasteiger partial charge on any atom is 0.299 e. The number of hydrogen-bond acceptors (Lipinski definition) is 7. The first-order chi connectivity index (χ1) is 11.0. The zero-order valence-corrected chi connectivity index (χ0v) is 14.4. The summed E-state index contributed by atoms with van der Waals surface area (Å²) >= 11 is 3.40. The van der Waals surface area contributed by atoms with Crippen molar-refractivity contribution in [3.63, 3.8) is 0 Å². The molecule has 8 nitrogen and oxygen atoms in total. The third-order valence-electron chi connectivity index (χ3n) is 3.08. The number of hydrogen-bond donors (Lipinski definition) is 0. The minimum Gasteiger partial charge on any atom is -0.482 e. The van der Waals surface area contributed by atoms with E-state index in [2.05, 4.69) is 41.5 Å². The fraction of sp³-hybridized carbons (Fsp3) is 0.357. The van der Waals surface area contributed by atoms with Crippen LogP contribution in [0.25, 0.3) is 11.7 Å². The van der Waals surface area contributed by atoms with Crippen LogP contribution in [0.2, 0.25) is 0 Å². The molecule has 9 heteroatoms. The average Bonchev–Trinajstić information content (AvgIpc) is 3.15. The highest BCUT2D eigenvalue weighted by Crippen LogP contribution is 2.28. The lowest BCUT2D eigenvalue weighted by Crippen LogP contribution is -2.15. The van der Waals surface area contributed by atoms with Crippen LogP contribution < -0.4 is 4.74 Å². The van der Waals surface area contributed by atoms with Crippen molar-refractivity contribution in [3.05, 3.63) is 34.6 Å². The maximum atomic E-state index is 6.00. The molecule has 0 aliphatic heterocycles. The van der Waals surface area contributed by atoms with Gasteiger partial charge in [-0.05, 0) is 35.4 Å². The molecule has 0 aliphatic rings. The molecule has 1 atom stereocenters. The van der Waals surface area contributed by atoms with Gasteiger partial charge in [0.1, 0.15) is 5.75 Å². The number of halogens is 1. The third kappa shape index (κ3) is 3.55. The Morgan fingerprint density at radius 2 is 1.96 bits per heavy atom. The SMILES string of the molecule is CC(C)C(Oc1ccc(Br)cc1)c1noc(-c2nnn(C)n2)n1. The van der Waals surface area contributed by atoms with Crippen molar-refractivity contribution in [2.75, 3.05) is 0 Å². The van der Waals surface area contributed by atoms with E-state index in [1.165, 1.54) is 4.80 Å². The van der Waals surface area contributed by atoms with E-state index in [9.17, 15) is 0 Å². The second kappa shape index (κ2) is 6.45. The Hall–Kier alpha value is -2.29. The number of ether oxygens (including phenoxy) is 1. The quantitative estimate of drug-likeness (QED) is 0.673. The molecule has 0 bridgehead atoms. The van der Waals surface area contributed by atoms with Crippen molar-refractivity contribution in [2.45, 2.75) is 20.0 Å². The number of benzene rings is 1. The van der Waals surface area contributed by atoms with Gasteiger partial charge in [0.25, 0.3) is 11.7 Å². The second-order valence-electron chi connectivity index (χ2n) is 5.30. The highest BCUT2D eigenvalue weighted by molar-refractivity contribution is 9.10. The molecular formula is C14H15BrN6O2. The molecule has 1 unspecified atom stereocenters. The van der Waals surface area contributed by atoms with E-state index in [0.29, 0.717) is 5.82 Å². The van der Waals surface area contributed by atoms with Crippen molar-refractivity contribution in [1.29, 1.82) is 0 Å². The molecule has 3 rings (SSSR count). The van der Waals surface area contributed by atoms with Gasteiger partial charge in [0, 0.05) is 4.47 Å². The Kier molecular flexibility index (Phi) is 4.37. The Balaban J connectivity index is 1.84. The predicted molar refractivity (Wildman–Crippen MR) is 84.4 cm³/mol. The van der Waals surface area contributed by atoms with Gasteiger partial charge < -0.3 is 9.26 Å². The van der Waals surface area contributed by atoms with E-state index in [0.717, 1.165) is 10.2 Å².